The Bertz CT molecular complexity index is 393. The SMILES string of the molecule is CCCS(=O)(=O)NC(C)C(=O)N[C@H](CC)C(=O)O. The fourth-order valence-corrected chi connectivity index (χ4v) is 2.59. The number of carboxylic acid groups (broad SMARTS) is 1. The second-order valence-corrected chi connectivity index (χ2v) is 5.84. The highest BCUT2D eigenvalue weighted by Gasteiger charge is 2.24. The molecule has 0 aliphatic carbocycles. The van der Waals surface area contributed by atoms with Crippen LogP contribution in [0.1, 0.15) is 33.6 Å². The Kier molecular flexibility index (Phi) is 6.85. The van der Waals surface area contributed by atoms with Gasteiger partial charge >= 0.3 is 5.97 Å². The predicted molar refractivity (Wildman–Crippen MR) is 66.5 cm³/mol. The van der Waals surface area contributed by atoms with Gasteiger partial charge in [-0.1, -0.05) is 13.8 Å². The largest absolute Gasteiger partial charge is 0.480 e. The third-order valence-corrected chi connectivity index (χ3v) is 3.90. The molecule has 0 aromatic rings. The number of amides is 1. The summed E-state index contributed by atoms with van der Waals surface area (Å²) >= 11 is 0. The zero-order valence-electron chi connectivity index (χ0n) is 10.8. The molecule has 0 saturated carbocycles. The lowest BCUT2D eigenvalue weighted by atomic mass is 10.2. The summed E-state index contributed by atoms with van der Waals surface area (Å²) in [4.78, 5) is 22.3. The molecule has 0 fully saturated rings. The van der Waals surface area contributed by atoms with Crippen LogP contribution in [0.15, 0.2) is 0 Å². The average molecular weight is 280 g/mol. The van der Waals surface area contributed by atoms with Crippen molar-refractivity contribution in [2.24, 2.45) is 0 Å². The lowest BCUT2D eigenvalue weighted by Crippen LogP contribution is -2.50. The minimum atomic E-state index is -3.50. The van der Waals surface area contributed by atoms with E-state index >= 15 is 0 Å². The minimum absolute atomic E-state index is 0.0687. The van der Waals surface area contributed by atoms with Gasteiger partial charge in [0.1, 0.15) is 6.04 Å². The van der Waals surface area contributed by atoms with Crippen LogP contribution in [-0.4, -0.2) is 43.2 Å². The van der Waals surface area contributed by atoms with Gasteiger partial charge in [-0.15, -0.1) is 0 Å². The zero-order valence-corrected chi connectivity index (χ0v) is 11.6. The first-order valence-electron chi connectivity index (χ1n) is 5.76. The summed E-state index contributed by atoms with van der Waals surface area (Å²) in [6.45, 7) is 4.70. The van der Waals surface area contributed by atoms with Crippen molar-refractivity contribution in [1.29, 1.82) is 0 Å². The van der Waals surface area contributed by atoms with E-state index in [4.69, 9.17) is 5.11 Å². The number of nitrogens with one attached hydrogen (secondary N) is 2. The maximum absolute atomic E-state index is 11.6. The molecule has 0 radical (unpaired) electrons. The van der Waals surface area contributed by atoms with Gasteiger partial charge in [0.25, 0.3) is 0 Å². The van der Waals surface area contributed by atoms with Gasteiger partial charge in [0.15, 0.2) is 0 Å². The molecular weight excluding hydrogens is 260 g/mol. The summed E-state index contributed by atoms with van der Waals surface area (Å²) in [5.41, 5.74) is 0. The number of carboxylic acids is 1. The topological polar surface area (TPSA) is 113 Å². The summed E-state index contributed by atoms with van der Waals surface area (Å²) in [5.74, 6) is -1.86. The van der Waals surface area contributed by atoms with Crippen LogP contribution >= 0.6 is 0 Å². The van der Waals surface area contributed by atoms with E-state index in [1.807, 2.05) is 0 Å². The van der Waals surface area contributed by atoms with Crippen LogP contribution in [0.25, 0.3) is 0 Å². The van der Waals surface area contributed by atoms with Crippen molar-refractivity contribution in [3.8, 4) is 0 Å². The summed E-state index contributed by atoms with van der Waals surface area (Å²) in [6, 6.07) is -1.99. The Hall–Kier alpha value is -1.15. The van der Waals surface area contributed by atoms with E-state index in [2.05, 4.69) is 10.0 Å². The Morgan fingerprint density at radius 1 is 1.28 bits per heavy atom. The van der Waals surface area contributed by atoms with E-state index in [-0.39, 0.29) is 12.2 Å². The van der Waals surface area contributed by atoms with Crippen molar-refractivity contribution in [2.45, 2.75) is 45.7 Å². The van der Waals surface area contributed by atoms with Gasteiger partial charge in [0, 0.05) is 0 Å². The van der Waals surface area contributed by atoms with Crippen molar-refractivity contribution < 1.29 is 23.1 Å². The van der Waals surface area contributed by atoms with E-state index in [1.165, 1.54) is 6.92 Å². The highest BCUT2D eigenvalue weighted by Crippen LogP contribution is 1.96. The monoisotopic (exact) mass is 280 g/mol. The molecule has 0 spiro atoms. The molecule has 1 unspecified atom stereocenters. The van der Waals surface area contributed by atoms with Crippen LogP contribution in [0.2, 0.25) is 0 Å². The highest BCUT2D eigenvalue weighted by molar-refractivity contribution is 7.89. The number of sulfonamides is 1. The first-order valence-corrected chi connectivity index (χ1v) is 7.41. The molecule has 0 saturated heterocycles. The fraction of sp³-hybridized carbons (Fsp3) is 0.800. The second-order valence-electron chi connectivity index (χ2n) is 3.97. The standard InChI is InChI=1S/C10H20N2O5S/c1-4-6-18(16,17)12-7(3)9(13)11-8(5-2)10(14)15/h7-8,12H,4-6H2,1-3H3,(H,11,13)(H,14,15)/t7?,8-/m1/s1. The Balaban J connectivity index is 4.48. The Morgan fingerprint density at radius 3 is 2.22 bits per heavy atom. The van der Waals surface area contributed by atoms with Crippen LogP contribution in [-0.2, 0) is 19.6 Å². The maximum Gasteiger partial charge on any atom is 0.326 e. The van der Waals surface area contributed by atoms with Crippen molar-refractivity contribution in [2.75, 3.05) is 5.75 Å². The maximum atomic E-state index is 11.6. The summed E-state index contributed by atoms with van der Waals surface area (Å²) in [7, 11) is -3.50. The van der Waals surface area contributed by atoms with E-state index in [0.29, 0.717) is 6.42 Å². The summed E-state index contributed by atoms with van der Waals surface area (Å²) in [5, 5.41) is 11.0. The van der Waals surface area contributed by atoms with Crippen molar-refractivity contribution in [3.63, 3.8) is 0 Å². The molecule has 0 aliphatic heterocycles. The number of carbonyl (C=O) groups is 2. The molecule has 18 heavy (non-hydrogen) atoms. The number of rotatable bonds is 8. The van der Waals surface area contributed by atoms with Gasteiger partial charge in [-0.25, -0.2) is 17.9 Å². The van der Waals surface area contributed by atoms with Gasteiger partial charge in [-0.3, -0.25) is 4.79 Å². The van der Waals surface area contributed by atoms with Gasteiger partial charge < -0.3 is 10.4 Å². The fourth-order valence-electron chi connectivity index (χ4n) is 1.29. The molecule has 0 aliphatic rings. The smallest absolute Gasteiger partial charge is 0.326 e. The number of aliphatic carboxylic acids is 1. The molecule has 0 bridgehead atoms. The predicted octanol–water partition coefficient (Wildman–Crippen LogP) is -0.316. The van der Waals surface area contributed by atoms with Gasteiger partial charge in [-0.2, -0.15) is 0 Å². The van der Waals surface area contributed by atoms with Crippen LogP contribution < -0.4 is 10.0 Å². The van der Waals surface area contributed by atoms with Crippen molar-refractivity contribution >= 4 is 21.9 Å². The molecule has 0 aromatic carbocycles. The zero-order chi connectivity index (χ0) is 14.3. The van der Waals surface area contributed by atoms with Crippen LogP contribution in [0, 0.1) is 0 Å². The normalized spacial score (nSPS) is 14.8. The quantitative estimate of drug-likeness (QED) is 0.564. The van der Waals surface area contributed by atoms with Crippen molar-refractivity contribution in [1.82, 2.24) is 10.0 Å². The van der Waals surface area contributed by atoms with Crippen molar-refractivity contribution in [3.05, 3.63) is 0 Å². The first-order chi connectivity index (χ1) is 8.23. The third kappa shape index (κ3) is 5.97. The molecular formula is C10H20N2O5S. The van der Waals surface area contributed by atoms with E-state index < -0.39 is 34.0 Å². The molecule has 1 amide bonds. The molecule has 0 heterocycles. The molecule has 3 N–H and O–H groups in total. The van der Waals surface area contributed by atoms with Crippen LogP contribution in [0.5, 0.6) is 0 Å². The molecule has 8 heteroatoms. The Labute approximate surface area is 107 Å². The molecule has 2 atom stereocenters. The highest BCUT2D eigenvalue weighted by atomic mass is 32.2. The van der Waals surface area contributed by atoms with E-state index in [9.17, 15) is 18.0 Å². The van der Waals surface area contributed by atoms with Crippen LogP contribution in [0.3, 0.4) is 0 Å². The van der Waals surface area contributed by atoms with Gasteiger partial charge in [0.2, 0.25) is 15.9 Å². The van der Waals surface area contributed by atoms with Gasteiger partial charge in [-0.05, 0) is 19.8 Å². The lowest BCUT2D eigenvalue weighted by Gasteiger charge is -2.17. The first kappa shape index (κ1) is 16.9. The third-order valence-electron chi connectivity index (χ3n) is 2.25. The molecule has 106 valence electrons. The Morgan fingerprint density at radius 2 is 1.83 bits per heavy atom. The number of hydrogen-bond acceptors (Lipinski definition) is 4. The average Bonchev–Trinajstić information content (AvgIpc) is 2.23. The minimum Gasteiger partial charge on any atom is -0.480 e. The van der Waals surface area contributed by atoms with Crippen LogP contribution in [0.4, 0.5) is 0 Å². The molecule has 7 nitrogen and oxygen atoms in total. The van der Waals surface area contributed by atoms with E-state index in [1.54, 1.807) is 13.8 Å². The lowest BCUT2D eigenvalue weighted by molar-refractivity contribution is -0.142. The summed E-state index contributed by atoms with van der Waals surface area (Å²) in [6.07, 6.45) is 0.673. The van der Waals surface area contributed by atoms with E-state index in [0.717, 1.165) is 0 Å². The number of carbonyl (C=O) groups excluding carboxylic acids is 1. The second kappa shape index (κ2) is 7.32. The number of hydrogen-bond donors (Lipinski definition) is 3. The van der Waals surface area contributed by atoms with Gasteiger partial charge in [0.05, 0.1) is 11.8 Å². The molecule has 0 aromatic heterocycles. The summed E-state index contributed by atoms with van der Waals surface area (Å²) < 4.78 is 25.0. The molecule has 0 rings (SSSR count).